The Hall–Kier alpha value is -2.10. The SMILES string of the molecule is Cc1cc(C(=O)NC2CCCN(c3ncc(C(F)(F)F)cc3Br)C2)nn1C. The first-order valence-electron chi connectivity index (χ1n) is 8.44. The first kappa shape index (κ1) is 19.7. The first-order chi connectivity index (χ1) is 12.6. The number of anilines is 1. The van der Waals surface area contributed by atoms with Crippen LogP contribution in [0.3, 0.4) is 0 Å². The molecule has 2 aromatic heterocycles. The van der Waals surface area contributed by atoms with Crippen LogP contribution >= 0.6 is 15.9 Å². The van der Waals surface area contributed by atoms with Crippen molar-refractivity contribution in [3.63, 3.8) is 0 Å². The summed E-state index contributed by atoms with van der Waals surface area (Å²) >= 11 is 3.19. The molecule has 1 aliphatic rings. The van der Waals surface area contributed by atoms with Gasteiger partial charge in [0.15, 0.2) is 0 Å². The van der Waals surface area contributed by atoms with Crippen molar-refractivity contribution in [3.8, 4) is 0 Å². The van der Waals surface area contributed by atoms with Crippen molar-refractivity contribution < 1.29 is 18.0 Å². The van der Waals surface area contributed by atoms with Gasteiger partial charge in [0, 0.05) is 38.1 Å². The molecule has 2 aromatic rings. The molecule has 1 N–H and O–H groups in total. The molecule has 0 spiro atoms. The van der Waals surface area contributed by atoms with Gasteiger partial charge < -0.3 is 10.2 Å². The second kappa shape index (κ2) is 7.49. The zero-order chi connectivity index (χ0) is 19.8. The summed E-state index contributed by atoms with van der Waals surface area (Å²) in [6, 6.07) is 2.61. The van der Waals surface area contributed by atoms with Crippen LogP contribution in [0.5, 0.6) is 0 Å². The van der Waals surface area contributed by atoms with Crippen LogP contribution in [0.15, 0.2) is 22.8 Å². The molecule has 0 aliphatic carbocycles. The minimum atomic E-state index is -4.44. The number of pyridine rings is 1. The molecular formula is C17H19BrF3N5O. The molecule has 3 heterocycles. The van der Waals surface area contributed by atoms with E-state index in [0.29, 0.717) is 24.6 Å². The summed E-state index contributed by atoms with van der Waals surface area (Å²) in [7, 11) is 1.77. The topological polar surface area (TPSA) is 63.1 Å². The van der Waals surface area contributed by atoms with E-state index < -0.39 is 11.7 Å². The summed E-state index contributed by atoms with van der Waals surface area (Å²) in [6.07, 6.45) is -2.03. The van der Waals surface area contributed by atoms with Crippen LogP contribution in [0.4, 0.5) is 19.0 Å². The molecular weight excluding hydrogens is 427 g/mol. The van der Waals surface area contributed by atoms with Gasteiger partial charge in [0.25, 0.3) is 5.91 Å². The molecule has 1 amide bonds. The Morgan fingerprint density at radius 3 is 2.70 bits per heavy atom. The molecule has 1 atom stereocenters. The van der Waals surface area contributed by atoms with Crippen LogP contribution < -0.4 is 10.2 Å². The lowest BCUT2D eigenvalue weighted by atomic mass is 10.1. The maximum atomic E-state index is 12.8. The van der Waals surface area contributed by atoms with Gasteiger partial charge in [0.2, 0.25) is 0 Å². The normalized spacial score (nSPS) is 17.9. The molecule has 1 saturated heterocycles. The van der Waals surface area contributed by atoms with E-state index in [2.05, 4.69) is 31.3 Å². The number of hydrogen-bond acceptors (Lipinski definition) is 4. The van der Waals surface area contributed by atoms with Gasteiger partial charge in [-0.15, -0.1) is 0 Å². The summed E-state index contributed by atoms with van der Waals surface area (Å²) in [6.45, 7) is 2.99. The summed E-state index contributed by atoms with van der Waals surface area (Å²) in [5, 5.41) is 7.12. The maximum Gasteiger partial charge on any atom is 0.417 e. The van der Waals surface area contributed by atoms with E-state index in [1.165, 1.54) is 0 Å². The smallest absolute Gasteiger partial charge is 0.354 e. The van der Waals surface area contributed by atoms with Crippen LogP contribution in [0.25, 0.3) is 0 Å². The number of hydrogen-bond donors (Lipinski definition) is 1. The lowest BCUT2D eigenvalue weighted by molar-refractivity contribution is -0.137. The number of aromatic nitrogens is 3. The number of carbonyl (C=O) groups excluding carboxylic acids is 1. The number of aryl methyl sites for hydroxylation is 2. The molecule has 0 saturated carbocycles. The van der Waals surface area contributed by atoms with Gasteiger partial charge in [-0.1, -0.05) is 0 Å². The standard InChI is InChI=1S/C17H19BrF3N5O/c1-10-6-14(24-25(10)2)16(27)23-12-4-3-5-26(9-12)15-13(18)7-11(8-22-15)17(19,20)21/h6-8,12H,3-5,9H2,1-2H3,(H,23,27). The number of amides is 1. The van der Waals surface area contributed by atoms with Gasteiger partial charge in [-0.25, -0.2) is 4.98 Å². The molecule has 1 unspecified atom stereocenters. The molecule has 1 fully saturated rings. The predicted molar refractivity (Wildman–Crippen MR) is 97.6 cm³/mol. The fraction of sp³-hybridized carbons (Fsp3) is 0.471. The van der Waals surface area contributed by atoms with Crippen molar-refractivity contribution in [1.82, 2.24) is 20.1 Å². The van der Waals surface area contributed by atoms with Gasteiger partial charge in [-0.2, -0.15) is 18.3 Å². The molecule has 0 bridgehead atoms. The van der Waals surface area contributed by atoms with Crippen LogP contribution in [0.1, 0.15) is 34.6 Å². The molecule has 146 valence electrons. The molecule has 3 rings (SSSR count). The highest BCUT2D eigenvalue weighted by Gasteiger charge is 2.32. The lowest BCUT2D eigenvalue weighted by Crippen LogP contribution is -2.48. The number of carbonyl (C=O) groups is 1. The van der Waals surface area contributed by atoms with E-state index in [9.17, 15) is 18.0 Å². The van der Waals surface area contributed by atoms with Crippen LogP contribution in [-0.4, -0.2) is 39.8 Å². The van der Waals surface area contributed by atoms with Crippen LogP contribution in [0, 0.1) is 6.92 Å². The van der Waals surface area contributed by atoms with Gasteiger partial charge in [0.1, 0.15) is 11.5 Å². The molecule has 0 aromatic carbocycles. The summed E-state index contributed by atoms with van der Waals surface area (Å²) in [4.78, 5) is 18.3. The third-order valence-corrected chi connectivity index (χ3v) is 5.14. The van der Waals surface area contributed by atoms with Crippen molar-refractivity contribution >= 4 is 27.7 Å². The largest absolute Gasteiger partial charge is 0.417 e. The maximum absolute atomic E-state index is 12.8. The van der Waals surface area contributed by atoms with E-state index in [1.54, 1.807) is 17.8 Å². The Morgan fingerprint density at radius 2 is 2.11 bits per heavy atom. The van der Waals surface area contributed by atoms with Crippen LogP contribution in [0.2, 0.25) is 0 Å². The molecule has 6 nitrogen and oxygen atoms in total. The van der Waals surface area contributed by atoms with Crippen LogP contribution in [-0.2, 0) is 13.2 Å². The van der Waals surface area contributed by atoms with Crippen molar-refractivity contribution in [3.05, 3.63) is 39.8 Å². The van der Waals surface area contributed by atoms with E-state index in [4.69, 9.17) is 0 Å². The number of nitrogens with zero attached hydrogens (tertiary/aromatic N) is 4. The Balaban J connectivity index is 1.70. The van der Waals surface area contributed by atoms with Gasteiger partial charge in [0.05, 0.1) is 10.0 Å². The molecule has 27 heavy (non-hydrogen) atoms. The minimum Gasteiger partial charge on any atom is -0.354 e. The number of nitrogens with one attached hydrogen (secondary N) is 1. The third kappa shape index (κ3) is 4.42. The third-order valence-electron chi connectivity index (χ3n) is 4.55. The van der Waals surface area contributed by atoms with Crippen molar-refractivity contribution in [2.75, 3.05) is 18.0 Å². The highest BCUT2D eigenvalue weighted by atomic mass is 79.9. The Labute approximate surface area is 162 Å². The summed E-state index contributed by atoms with van der Waals surface area (Å²) in [5.41, 5.74) is 0.426. The first-order valence-corrected chi connectivity index (χ1v) is 9.23. The minimum absolute atomic E-state index is 0.135. The fourth-order valence-electron chi connectivity index (χ4n) is 3.04. The zero-order valence-corrected chi connectivity index (χ0v) is 16.4. The molecule has 0 radical (unpaired) electrons. The Morgan fingerprint density at radius 1 is 1.37 bits per heavy atom. The predicted octanol–water partition coefficient (Wildman–Crippen LogP) is 3.30. The monoisotopic (exact) mass is 445 g/mol. The number of alkyl halides is 3. The zero-order valence-electron chi connectivity index (χ0n) is 14.8. The van der Waals surface area contributed by atoms with E-state index in [1.807, 2.05) is 11.8 Å². The number of halogens is 4. The van der Waals surface area contributed by atoms with Crippen molar-refractivity contribution in [2.24, 2.45) is 7.05 Å². The number of piperidine rings is 1. The van der Waals surface area contributed by atoms with E-state index in [-0.39, 0.29) is 16.4 Å². The average Bonchev–Trinajstić information content (AvgIpc) is 2.93. The summed E-state index contributed by atoms with van der Waals surface area (Å²) < 4.78 is 40.3. The quantitative estimate of drug-likeness (QED) is 0.786. The highest BCUT2D eigenvalue weighted by Crippen LogP contribution is 2.34. The Kier molecular flexibility index (Phi) is 5.45. The fourth-order valence-corrected chi connectivity index (χ4v) is 3.64. The average molecular weight is 446 g/mol. The molecule has 10 heteroatoms. The van der Waals surface area contributed by atoms with Gasteiger partial charge >= 0.3 is 6.18 Å². The lowest BCUT2D eigenvalue weighted by Gasteiger charge is -2.34. The van der Waals surface area contributed by atoms with Crippen molar-refractivity contribution in [1.29, 1.82) is 0 Å². The van der Waals surface area contributed by atoms with Crippen molar-refractivity contribution in [2.45, 2.75) is 32.0 Å². The second-order valence-corrected chi connectivity index (χ2v) is 7.43. The van der Waals surface area contributed by atoms with E-state index >= 15 is 0 Å². The highest BCUT2D eigenvalue weighted by molar-refractivity contribution is 9.10. The summed E-state index contributed by atoms with van der Waals surface area (Å²) in [5.74, 6) is 0.181. The molecule has 1 aliphatic heterocycles. The van der Waals surface area contributed by atoms with Gasteiger partial charge in [-0.3, -0.25) is 9.48 Å². The number of rotatable bonds is 3. The Bertz CT molecular complexity index is 832. The van der Waals surface area contributed by atoms with Gasteiger partial charge in [-0.05, 0) is 47.8 Å². The van der Waals surface area contributed by atoms with E-state index in [0.717, 1.165) is 30.8 Å². The second-order valence-electron chi connectivity index (χ2n) is 6.58.